The van der Waals surface area contributed by atoms with E-state index in [2.05, 4.69) is 16.0 Å². The van der Waals surface area contributed by atoms with Gasteiger partial charge in [0.15, 0.2) is 0 Å². The first-order chi connectivity index (χ1) is 16.9. The lowest BCUT2D eigenvalue weighted by Crippen LogP contribution is -2.39. The van der Waals surface area contributed by atoms with E-state index >= 15 is 0 Å². The van der Waals surface area contributed by atoms with E-state index in [0.717, 1.165) is 17.7 Å². The first kappa shape index (κ1) is 25.6. The molecule has 3 amide bonds. The van der Waals surface area contributed by atoms with Crippen LogP contribution in [0.2, 0.25) is 0 Å². The fraction of sp³-hybridized carbons (Fsp3) is 0.222. The maximum atomic E-state index is 13.1. The van der Waals surface area contributed by atoms with E-state index in [1.807, 2.05) is 38.1 Å². The lowest BCUT2D eigenvalue weighted by Gasteiger charge is -2.21. The van der Waals surface area contributed by atoms with Crippen molar-refractivity contribution in [1.29, 1.82) is 0 Å². The van der Waals surface area contributed by atoms with E-state index < -0.39 is 11.7 Å². The fourth-order valence-corrected chi connectivity index (χ4v) is 3.55. The highest BCUT2D eigenvalue weighted by Gasteiger charge is 2.17. The normalized spacial score (nSPS) is 10.6. The first-order valence-electron chi connectivity index (χ1n) is 11.4. The number of anilines is 3. The van der Waals surface area contributed by atoms with Gasteiger partial charge in [0.05, 0.1) is 24.3 Å². The number of halogens is 1. The molecule has 0 heterocycles. The number of aryl methyl sites for hydroxylation is 1. The fourth-order valence-electron chi connectivity index (χ4n) is 3.55. The summed E-state index contributed by atoms with van der Waals surface area (Å²) in [5.74, 6) is -1.39. The molecule has 0 fully saturated rings. The second-order valence-corrected chi connectivity index (χ2v) is 8.13. The van der Waals surface area contributed by atoms with Crippen LogP contribution in [0.4, 0.5) is 21.5 Å². The van der Waals surface area contributed by atoms with Gasteiger partial charge in [-0.2, -0.15) is 0 Å². The number of carbonyl (C=O) groups excluding carboxylic acids is 3. The second kappa shape index (κ2) is 12.4. The van der Waals surface area contributed by atoms with Crippen LogP contribution in [0, 0.1) is 12.7 Å². The third-order valence-electron chi connectivity index (χ3n) is 5.24. The Kier molecular flexibility index (Phi) is 9.09. The molecular weight excluding hydrogens is 447 g/mol. The van der Waals surface area contributed by atoms with Crippen molar-refractivity contribution in [3.63, 3.8) is 0 Å². The van der Waals surface area contributed by atoms with Crippen molar-refractivity contribution in [2.75, 3.05) is 35.6 Å². The van der Waals surface area contributed by atoms with E-state index in [4.69, 9.17) is 0 Å². The number of benzene rings is 3. The van der Waals surface area contributed by atoms with Crippen LogP contribution in [0.15, 0.2) is 72.8 Å². The van der Waals surface area contributed by atoms with E-state index in [9.17, 15) is 18.8 Å². The predicted molar refractivity (Wildman–Crippen MR) is 136 cm³/mol. The molecule has 0 saturated carbocycles. The molecule has 3 aromatic rings. The number of rotatable bonds is 10. The predicted octanol–water partition coefficient (Wildman–Crippen LogP) is 4.68. The molecule has 0 atom stereocenters. The van der Waals surface area contributed by atoms with Crippen LogP contribution in [0.5, 0.6) is 0 Å². The monoisotopic (exact) mass is 476 g/mol. The molecule has 0 aromatic heterocycles. The number of nitrogens with zero attached hydrogens (tertiary/aromatic N) is 1. The van der Waals surface area contributed by atoms with Gasteiger partial charge in [-0.1, -0.05) is 37.3 Å². The van der Waals surface area contributed by atoms with Gasteiger partial charge in [-0.05, 0) is 67.9 Å². The summed E-state index contributed by atoms with van der Waals surface area (Å²) in [6.45, 7) is 4.49. The zero-order chi connectivity index (χ0) is 25.2. The number of para-hydroxylation sites is 2. The Labute approximate surface area is 204 Å². The third-order valence-corrected chi connectivity index (χ3v) is 5.24. The second-order valence-electron chi connectivity index (χ2n) is 8.13. The standard InChI is InChI=1S/C27H29FN4O3/c1-3-16-32(17-25(33)30-23-10-6-4-8-19(23)2)18-26(34)31-24-11-7-5-9-22(24)27(35)29-21-14-12-20(28)13-15-21/h4-15H,3,16-18H2,1-2H3,(H,29,35)(H,30,33)(H,31,34). The molecule has 0 aliphatic rings. The minimum Gasteiger partial charge on any atom is -0.325 e. The van der Waals surface area contributed by atoms with Crippen LogP contribution in [0.1, 0.15) is 29.3 Å². The van der Waals surface area contributed by atoms with Crippen LogP contribution >= 0.6 is 0 Å². The molecule has 0 radical (unpaired) electrons. The zero-order valence-electron chi connectivity index (χ0n) is 19.8. The summed E-state index contributed by atoms with van der Waals surface area (Å²) >= 11 is 0. The molecule has 3 rings (SSSR count). The summed E-state index contributed by atoms with van der Waals surface area (Å²) in [5.41, 5.74) is 2.74. The Bertz CT molecular complexity index is 1180. The van der Waals surface area contributed by atoms with Crippen molar-refractivity contribution < 1.29 is 18.8 Å². The number of hydrogen-bond acceptors (Lipinski definition) is 4. The van der Waals surface area contributed by atoms with E-state index in [1.165, 1.54) is 24.3 Å². The molecule has 3 aromatic carbocycles. The minimum absolute atomic E-state index is 0.0110. The van der Waals surface area contributed by atoms with Gasteiger partial charge in [0.25, 0.3) is 5.91 Å². The van der Waals surface area contributed by atoms with Crippen LogP contribution in [0.3, 0.4) is 0 Å². The summed E-state index contributed by atoms with van der Waals surface area (Å²) in [5, 5.41) is 8.35. The van der Waals surface area contributed by atoms with Crippen LogP contribution in [0.25, 0.3) is 0 Å². The van der Waals surface area contributed by atoms with Gasteiger partial charge in [0.1, 0.15) is 5.82 Å². The molecule has 0 aliphatic heterocycles. The zero-order valence-corrected chi connectivity index (χ0v) is 19.8. The first-order valence-corrected chi connectivity index (χ1v) is 11.4. The Morgan fingerprint density at radius 3 is 1.97 bits per heavy atom. The highest BCUT2D eigenvalue weighted by Crippen LogP contribution is 2.18. The van der Waals surface area contributed by atoms with Crippen molar-refractivity contribution in [2.24, 2.45) is 0 Å². The smallest absolute Gasteiger partial charge is 0.257 e. The number of carbonyl (C=O) groups is 3. The highest BCUT2D eigenvalue weighted by molar-refractivity contribution is 6.10. The van der Waals surface area contributed by atoms with Gasteiger partial charge >= 0.3 is 0 Å². The largest absolute Gasteiger partial charge is 0.325 e. The molecule has 182 valence electrons. The maximum Gasteiger partial charge on any atom is 0.257 e. The molecule has 35 heavy (non-hydrogen) atoms. The van der Waals surface area contributed by atoms with E-state index in [1.54, 1.807) is 29.2 Å². The van der Waals surface area contributed by atoms with Crippen LogP contribution < -0.4 is 16.0 Å². The Morgan fingerprint density at radius 1 is 0.771 bits per heavy atom. The Balaban J connectivity index is 1.62. The van der Waals surface area contributed by atoms with Crippen molar-refractivity contribution in [1.82, 2.24) is 4.90 Å². The average molecular weight is 477 g/mol. The van der Waals surface area contributed by atoms with Crippen molar-refractivity contribution in [3.05, 3.63) is 89.7 Å². The molecule has 0 spiro atoms. The van der Waals surface area contributed by atoms with Gasteiger partial charge in [-0.3, -0.25) is 19.3 Å². The average Bonchev–Trinajstić information content (AvgIpc) is 2.82. The highest BCUT2D eigenvalue weighted by atomic mass is 19.1. The topological polar surface area (TPSA) is 90.5 Å². The van der Waals surface area contributed by atoms with Gasteiger partial charge in [0.2, 0.25) is 11.8 Å². The summed E-state index contributed by atoms with van der Waals surface area (Å²) in [6, 6.07) is 19.5. The maximum absolute atomic E-state index is 13.1. The lowest BCUT2D eigenvalue weighted by atomic mass is 10.1. The molecule has 0 bridgehead atoms. The molecule has 7 nitrogen and oxygen atoms in total. The van der Waals surface area contributed by atoms with Gasteiger partial charge in [0, 0.05) is 11.4 Å². The minimum atomic E-state index is -0.435. The molecule has 0 unspecified atom stereocenters. The van der Waals surface area contributed by atoms with E-state index in [-0.39, 0.29) is 30.5 Å². The Hall–Kier alpha value is -4.04. The van der Waals surface area contributed by atoms with Crippen molar-refractivity contribution in [3.8, 4) is 0 Å². The summed E-state index contributed by atoms with van der Waals surface area (Å²) in [7, 11) is 0. The summed E-state index contributed by atoms with van der Waals surface area (Å²) in [4.78, 5) is 39.9. The summed E-state index contributed by atoms with van der Waals surface area (Å²) in [6.07, 6.45) is 0.765. The van der Waals surface area contributed by atoms with Crippen molar-refractivity contribution in [2.45, 2.75) is 20.3 Å². The van der Waals surface area contributed by atoms with Gasteiger partial charge < -0.3 is 16.0 Å². The van der Waals surface area contributed by atoms with Crippen molar-refractivity contribution >= 4 is 34.8 Å². The molecule has 3 N–H and O–H groups in total. The van der Waals surface area contributed by atoms with Crippen LogP contribution in [-0.2, 0) is 9.59 Å². The number of hydrogen-bond donors (Lipinski definition) is 3. The van der Waals surface area contributed by atoms with Gasteiger partial charge in [-0.25, -0.2) is 4.39 Å². The molecule has 8 heteroatoms. The quantitative estimate of drug-likeness (QED) is 0.397. The van der Waals surface area contributed by atoms with E-state index in [0.29, 0.717) is 17.9 Å². The molecular formula is C27H29FN4O3. The van der Waals surface area contributed by atoms with Gasteiger partial charge in [-0.15, -0.1) is 0 Å². The lowest BCUT2D eigenvalue weighted by molar-refractivity contribution is -0.120. The molecule has 0 aliphatic carbocycles. The third kappa shape index (κ3) is 7.75. The number of amides is 3. The Morgan fingerprint density at radius 2 is 1.34 bits per heavy atom. The summed E-state index contributed by atoms with van der Waals surface area (Å²) < 4.78 is 13.1. The number of nitrogens with one attached hydrogen (secondary N) is 3. The SMILES string of the molecule is CCCN(CC(=O)Nc1ccccc1C)CC(=O)Nc1ccccc1C(=O)Nc1ccc(F)cc1. The van der Waals surface area contributed by atoms with Crippen LogP contribution in [-0.4, -0.2) is 42.3 Å². The molecule has 0 saturated heterocycles.